The average Bonchev–Trinajstić information content (AvgIpc) is 2.43. The van der Waals surface area contributed by atoms with E-state index in [9.17, 15) is 9.59 Å². The van der Waals surface area contributed by atoms with Crippen LogP contribution in [-0.2, 0) is 11.2 Å². The molecular formula is C14H10Cl2N2O3. The van der Waals surface area contributed by atoms with Gasteiger partial charge in [0.2, 0.25) is 0 Å². The molecule has 1 amide bonds. The highest BCUT2D eigenvalue weighted by Crippen LogP contribution is 2.20. The van der Waals surface area contributed by atoms with Gasteiger partial charge in [-0.1, -0.05) is 35.3 Å². The molecule has 21 heavy (non-hydrogen) atoms. The average molecular weight is 325 g/mol. The van der Waals surface area contributed by atoms with Crippen LogP contribution in [0.15, 0.2) is 36.5 Å². The number of aliphatic carboxylic acids is 1. The van der Waals surface area contributed by atoms with Gasteiger partial charge in [0.25, 0.3) is 5.91 Å². The lowest BCUT2D eigenvalue weighted by Crippen LogP contribution is -2.12. The summed E-state index contributed by atoms with van der Waals surface area (Å²) in [4.78, 5) is 26.4. The quantitative estimate of drug-likeness (QED) is 0.846. The van der Waals surface area contributed by atoms with Crippen LogP contribution in [0.4, 0.5) is 5.69 Å². The molecule has 0 bridgehead atoms. The molecule has 0 unspecified atom stereocenters. The van der Waals surface area contributed by atoms with Crippen molar-refractivity contribution in [1.82, 2.24) is 4.98 Å². The fraction of sp³-hybridized carbons (Fsp3) is 0.0714. The molecule has 2 rings (SSSR count). The van der Waals surface area contributed by atoms with Crippen LogP contribution < -0.4 is 5.32 Å². The molecule has 0 aliphatic carbocycles. The number of nitrogens with zero attached hydrogens (tertiary/aromatic N) is 1. The van der Waals surface area contributed by atoms with E-state index in [0.717, 1.165) is 0 Å². The largest absolute Gasteiger partial charge is 0.481 e. The van der Waals surface area contributed by atoms with Gasteiger partial charge >= 0.3 is 5.97 Å². The molecule has 7 heteroatoms. The molecule has 1 aromatic carbocycles. The number of carboxylic acids is 1. The maximum atomic E-state index is 12.1. The topological polar surface area (TPSA) is 79.3 Å². The lowest BCUT2D eigenvalue weighted by atomic mass is 10.1. The van der Waals surface area contributed by atoms with Crippen LogP contribution >= 0.6 is 23.2 Å². The van der Waals surface area contributed by atoms with Gasteiger partial charge < -0.3 is 10.4 Å². The number of amides is 1. The summed E-state index contributed by atoms with van der Waals surface area (Å²) in [5.41, 5.74) is 1.38. The number of carbonyl (C=O) groups is 2. The maximum absolute atomic E-state index is 12.1. The normalized spacial score (nSPS) is 10.2. The number of benzene rings is 1. The van der Waals surface area contributed by atoms with Gasteiger partial charge in [0.15, 0.2) is 0 Å². The standard InChI is InChI=1S/C14H10Cl2N2O3/c15-11-7-17-12(16)6-10(11)14(21)18-9-3-1-8(2-4-9)5-13(19)20/h1-4,6-7H,5H2,(H,18,21)(H,19,20). The number of pyridine rings is 1. The molecule has 2 aromatic rings. The lowest BCUT2D eigenvalue weighted by Gasteiger charge is -2.07. The second-order valence-corrected chi connectivity index (χ2v) is 5.00. The van der Waals surface area contributed by atoms with Crippen LogP contribution in [0.25, 0.3) is 0 Å². The smallest absolute Gasteiger partial charge is 0.307 e. The SMILES string of the molecule is O=C(O)Cc1ccc(NC(=O)c2cc(Cl)ncc2Cl)cc1. The number of hydrogen-bond acceptors (Lipinski definition) is 3. The van der Waals surface area contributed by atoms with Crippen LogP contribution in [0.3, 0.4) is 0 Å². The molecule has 0 saturated carbocycles. The van der Waals surface area contributed by atoms with Crippen LogP contribution in [0.1, 0.15) is 15.9 Å². The first-order valence-corrected chi connectivity index (χ1v) is 6.64. The Hall–Kier alpha value is -2.11. The van der Waals surface area contributed by atoms with E-state index in [1.807, 2.05) is 0 Å². The van der Waals surface area contributed by atoms with Crippen molar-refractivity contribution in [3.05, 3.63) is 57.8 Å². The highest BCUT2D eigenvalue weighted by atomic mass is 35.5. The van der Waals surface area contributed by atoms with Gasteiger partial charge in [-0.3, -0.25) is 9.59 Å². The molecule has 0 spiro atoms. The summed E-state index contributed by atoms with van der Waals surface area (Å²) in [6.45, 7) is 0. The molecule has 0 saturated heterocycles. The number of carboxylic acid groups (broad SMARTS) is 1. The van der Waals surface area contributed by atoms with E-state index >= 15 is 0 Å². The number of rotatable bonds is 4. The first kappa shape index (κ1) is 15.3. The van der Waals surface area contributed by atoms with Gasteiger partial charge in [-0.25, -0.2) is 4.98 Å². The van der Waals surface area contributed by atoms with Gasteiger partial charge in [-0.05, 0) is 23.8 Å². The fourth-order valence-corrected chi connectivity index (χ4v) is 2.01. The predicted octanol–water partition coefficient (Wildman–Crippen LogP) is 3.27. The monoisotopic (exact) mass is 324 g/mol. The second-order valence-electron chi connectivity index (χ2n) is 4.21. The van der Waals surface area contributed by atoms with E-state index in [-0.39, 0.29) is 22.2 Å². The number of aromatic nitrogens is 1. The highest BCUT2D eigenvalue weighted by molar-refractivity contribution is 6.35. The Morgan fingerprint density at radius 1 is 1.19 bits per heavy atom. The van der Waals surface area contributed by atoms with Gasteiger partial charge in [-0.2, -0.15) is 0 Å². The number of hydrogen-bond donors (Lipinski definition) is 2. The molecule has 0 fully saturated rings. The molecule has 5 nitrogen and oxygen atoms in total. The van der Waals surface area contributed by atoms with Crippen LogP contribution in [-0.4, -0.2) is 22.0 Å². The minimum absolute atomic E-state index is 0.0694. The van der Waals surface area contributed by atoms with Crippen molar-refractivity contribution in [2.75, 3.05) is 5.32 Å². The Morgan fingerprint density at radius 2 is 1.86 bits per heavy atom. The van der Waals surface area contributed by atoms with Crippen molar-refractivity contribution in [2.45, 2.75) is 6.42 Å². The van der Waals surface area contributed by atoms with E-state index in [0.29, 0.717) is 11.3 Å². The van der Waals surface area contributed by atoms with E-state index in [4.69, 9.17) is 28.3 Å². The Bertz CT molecular complexity index is 687. The van der Waals surface area contributed by atoms with Gasteiger partial charge in [0, 0.05) is 11.9 Å². The zero-order chi connectivity index (χ0) is 15.4. The third-order valence-corrected chi connectivity index (χ3v) is 3.14. The molecule has 1 aromatic heterocycles. The summed E-state index contributed by atoms with van der Waals surface area (Å²) in [5.74, 6) is -1.33. The van der Waals surface area contributed by atoms with E-state index in [1.165, 1.54) is 12.3 Å². The molecule has 108 valence electrons. The molecule has 0 atom stereocenters. The first-order valence-electron chi connectivity index (χ1n) is 5.89. The van der Waals surface area contributed by atoms with Crippen molar-refractivity contribution in [2.24, 2.45) is 0 Å². The molecule has 2 N–H and O–H groups in total. The van der Waals surface area contributed by atoms with E-state index < -0.39 is 11.9 Å². The first-order chi connectivity index (χ1) is 9.95. The maximum Gasteiger partial charge on any atom is 0.307 e. The molecular weight excluding hydrogens is 315 g/mol. The molecule has 0 aliphatic heterocycles. The fourth-order valence-electron chi connectivity index (χ4n) is 1.67. The number of halogens is 2. The van der Waals surface area contributed by atoms with Crippen molar-refractivity contribution >= 4 is 40.8 Å². The lowest BCUT2D eigenvalue weighted by molar-refractivity contribution is -0.136. The zero-order valence-electron chi connectivity index (χ0n) is 10.6. The summed E-state index contributed by atoms with van der Waals surface area (Å²) in [6.07, 6.45) is 1.23. The number of nitrogens with one attached hydrogen (secondary N) is 1. The minimum atomic E-state index is -0.912. The van der Waals surface area contributed by atoms with Gasteiger partial charge in [0.1, 0.15) is 5.15 Å². The van der Waals surface area contributed by atoms with Gasteiger partial charge in [0.05, 0.1) is 17.0 Å². The summed E-state index contributed by atoms with van der Waals surface area (Å²) >= 11 is 11.6. The van der Waals surface area contributed by atoms with Crippen LogP contribution in [0, 0.1) is 0 Å². The Morgan fingerprint density at radius 3 is 2.48 bits per heavy atom. The predicted molar refractivity (Wildman–Crippen MR) is 80.0 cm³/mol. The minimum Gasteiger partial charge on any atom is -0.481 e. The summed E-state index contributed by atoms with van der Waals surface area (Å²) < 4.78 is 0. The van der Waals surface area contributed by atoms with E-state index in [2.05, 4.69) is 10.3 Å². The summed E-state index contributed by atoms with van der Waals surface area (Å²) in [7, 11) is 0. The van der Waals surface area contributed by atoms with Crippen LogP contribution in [0.5, 0.6) is 0 Å². The van der Waals surface area contributed by atoms with Crippen LogP contribution in [0.2, 0.25) is 10.2 Å². The highest BCUT2D eigenvalue weighted by Gasteiger charge is 2.12. The third kappa shape index (κ3) is 4.18. The zero-order valence-corrected chi connectivity index (χ0v) is 12.1. The van der Waals surface area contributed by atoms with Crippen molar-refractivity contribution < 1.29 is 14.7 Å². The Balaban J connectivity index is 2.12. The van der Waals surface area contributed by atoms with E-state index in [1.54, 1.807) is 24.3 Å². The summed E-state index contributed by atoms with van der Waals surface area (Å²) in [5, 5.41) is 11.7. The van der Waals surface area contributed by atoms with Gasteiger partial charge in [-0.15, -0.1) is 0 Å². The number of carbonyl (C=O) groups excluding carboxylic acids is 1. The second kappa shape index (κ2) is 6.56. The molecule has 1 heterocycles. The Labute approximate surface area is 130 Å². The van der Waals surface area contributed by atoms with Crippen molar-refractivity contribution in [1.29, 1.82) is 0 Å². The molecule has 0 radical (unpaired) electrons. The van der Waals surface area contributed by atoms with Crippen molar-refractivity contribution in [3.8, 4) is 0 Å². The molecule has 0 aliphatic rings. The van der Waals surface area contributed by atoms with Crippen molar-refractivity contribution in [3.63, 3.8) is 0 Å². The summed E-state index contributed by atoms with van der Waals surface area (Å²) in [6, 6.07) is 7.87. The Kier molecular flexibility index (Phi) is 4.77. The third-order valence-electron chi connectivity index (χ3n) is 2.63. The number of anilines is 1.